The van der Waals surface area contributed by atoms with Gasteiger partial charge in [0.1, 0.15) is 5.76 Å². The molecule has 5 nitrogen and oxygen atoms in total. The first-order chi connectivity index (χ1) is 8.66. The topological polar surface area (TPSA) is 67.2 Å². The van der Waals surface area contributed by atoms with Crippen LogP contribution in [0.1, 0.15) is 37.8 Å². The number of carbonyl (C=O) groups is 1. The van der Waals surface area contributed by atoms with E-state index in [1.165, 1.54) is 0 Å². The molecule has 5 heteroatoms. The molecule has 1 aromatic rings. The largest absolute Gasteiger partial charge is 0.444 e. The fourth-order valence-electron chi connectivity index (χ4n) is 2.45. The number of nitrogens with zero attached hydrogens (tertiary/aromatic N) is 1. The number of aryl methyl sites for hydroxylation is 1. The number of hydrogen-bond acceptors (Lipinski definition) is 4. The van der Waals surface area contributed by atoms with Crippen LogP contribution in [0.15, 0.2) is 10.6 Å². The summed E-state index contributed by atoms with van der Waals surface area (Å²) in [6, 6.07) is 0. The van der Waals surface area contributed by atoms with E-state index in [0.29, 0.717) is 12.4 Å². The molecule has 2 heterocycles. The van der Waals surface area contributed by atoms with Crippen molar-refractivity contribution in [3.8, 4) is 0 Å². The van der Waals surface area contributed by atoms with Gasteiger partial charge in [0.15, 0.2) is 0 Å². The lowest BCUT2D eigenvalue weighted by atomic mass is 9.77. The fraction of sp³-hybridized carbons (Fsp3) is 0.692. The molecule has 18 heavy (non-hydrogen) atoms. The van der Waals surface area contributed by atoms with E-state index in [4.69, 9.17) is 4.42 Å². The lowest BCUT2D eigenvalue weighted by molar-refractivity contribution is -0.132. The number of rotatable bonds is 4. The fourth-order valence-corrected chi connectivity index (χ4v) is 2.45. The number of hydrogen-bond donors (Lipinski definition) is 2. The van der Waals surface area contributed by atoms with E-state index in [9.17, 15) is 4.79 Å². The number of nitrogens with one attached hydrogen (secondary N) is 2. The van der Waals surface area contributed by atoms with Gasteiger partial charge in [0.05, 0.1) is 18.2 Å². The van der Waals surface area contributed by atoms with Crippen LogP contribution in [0, 0.1) is 12.3 Å². The summed E-state index contributed by atoms with van der Waals surface area (Å²) in [5.41, 5.74) is -0.264. The van der Waals surface area contributed by atoms with E-state index < -0.39 is 0 Å². The second-order valence-electron chi connectivity index (χ2n) is 4.96. The standard InChI is InChI=1S/C13H21N3O2/c1-3-13(5-4-6-14-9-13)12(17)16-8-11-15-7-10(2)18-11/h7,14H,3-6,8-9H2,1-2H3,(H,16,17). The minimum absolute atomic E-state index is 0.105. The van der Waals surface area contributed by atoms with Crippen LogP contribution >= 0.6 is 0 Å². The highest BCUT2D eigenvalue weighted by Crippen LogP contribution is 2.30. The highest BCUT2D eigenvalue weighted by Gasteiger charge is 2.37. The van der Waals surface area contributed by atoms with Crippen molar-refractivity contribution >= 4 is 5.91 Å². The van der Waals surface area contributed by atoms with Crippen molar-refractivity contribution in [2.24, 2.45) is 5.41 Å². The quantitative estimate of drug-likeness (QED) is 0.848. The molecule has 1 aromatic heterocycles. The lowest BCUT2D eigenvalue weighted by Crippen LogP contribution is -2.50. The predicted octanol–water partition coefficient (Wildman–Crippen LogP) is 1.38. The van der Waals surface area contributed by atoms with E-state index >= 15 is 0 Å². The highest BCUT2D eigenvalue weighted by molar-refractivity contribution is 5.82. The summed E-state index contributed by atoms with van der Waals surface area (Å²) in [6.07, 6.45) is 4.53. The Morgan fingerprint density at radius 1 is 1.67 bits per heavy atom. The summed E-state index contributed by atoms with van der Waals surface area (Å²) >= 11 is 0. The van der Waals surface area contributed by atoms with E-state index in [1.807, 2.05) is 6.92 Å². The molecule has 100 valence electrons. The van der Waals surface area contributed by atoms with Gasteiger partial charge in [-0.2, -0.15) is 0 Å². The highest BCUT2D eigenvalue weighted by atomic mass is 16.4. The van der Waals surface area contributed by atoms with Crippen molar-refractivity contribution in [3.05, 3.63) is 17.8 Å². The first-order valence-electron chi connectivity index (χ1n) is 6.56. The first-order valence-corrected chi connectivity index (χ1v) is 6.56. The van der Waals surface area contributed by atoms with Crippen LogP contribution in [0.4, 0.5) is 0 Å². The molecule has 0 aliphatic carbocycles. The number of piperidine rings is 1. The third-order valence-electron chi connectivity index (χ3n) is 3.70. The minimum atomic E-state index is -0.264. The van der Waals surface area contributed by atoms with Gasteiger partial charge in [-0.05, 0) is 32.7 Å². The molecule has 1 atom stereocenters. The summed E-state index contributed by atoms with van der Waals surface area (Å²) in [5.74, 6) is 1.44. The zero-order valence-corrected chi connectivity index (χ0v) is 11.1. The van der Waals surface area contributed by atoms with Crippen molar-refractivity contribution in [1.82, 2.24) is 15.6 Å². The van der Waals surface area contributed by atoms with Crippen molar-refractivity contribution < 1.29 is 9.21 Å². The zero-order chi connectivity index (χ0) is 13.0. The third-order valence-corrected chi connectivity index (χ3v) is 3.70. The van der Waals surface area contributed by atoms with Gasteiger partial charge in [-0.1, -0.05) is 6.92 Å². The molecule has 1 saturated heterocycles. The molecule has 0 radical (unpaired) electrons. The van der Waals surface area contributed by atoms with E-state index in [1.54, 1.807) is 6.20 Å². The van der Waals surface area contributed by atoms with Gasteiger partial charge < -0.3 is 15.1 Å². The Labute approximate surface area is 107 Å². The van der Waals surface area contributed by atoms with Gasteiger partial charge in [-0.25, -0.2) is 4.98 Å². The first kappa shape index (κ1) is 13.1. The Bertz CT molecular complexity index is 408. The zero-order valence-electron chi connectivity index (χ0n) is 11.1. The van der Waals surface area contributed by atoms with Crippen molar-refractivity contribution in [2.75, 3.05) is 13.1 Å². The van der Waals surface area contributed by atoms with Gasteiger partial charge >= 0.3 is 0 Å². The summed E-state index contributed by atoms with van der Waals surface area (Å²) < 4.78 is 5.35. The van der Waals surface area contributed by atoms with Crippen LogP contribution in [-0.2, 0) is 11.3 Å². The smallest absolute Gasteiger partial charge is 0.227 e. The predicted molar refractivity (Wildman–Crippen MR) is 67.9 cm³/mol. The number of carbonyl (C=O) groups excluding carboxylic acids is 1. The Hall–Kier alpha value is -1.36. The van der Waals surface area contributed by atoms with E-state index in [0.717, 1.165) is 38.1 Å². The molecule has 0 saturated carbocycles. The maximum absolute atomic E-state index is 12.3. The molecular weight excluding hydrogens is 230 g/mol. The lowest BCUT2D eigenvalue weighted by Gasteiger charge is -2.35. The summed E-state index contributed by atoms with van der Waals surface area (Å²) in [5, 5.41) is 6.25. The minimum Gasteiger partial charge on any atom is -0.444 e. The average molecular weight is 251 g/mol. The van der Waals surface area contributed by atoms with Crippen LogP contribution in [-0.4, -0.2) is 24.0 Å². The Morgan fingerprint density at radius 2 is 2.50 bits per heavy atom. The number of oxazole rings is 1. The maximum atomic E-state index is 12.3. The second-order valence-corrected chi connectivity index (χ2v) is 4.96. The van der Waals surface area contributed by atoms with Gasteiger partial charge in [0.25, 0.3) is 0 Å². The molecule has 0 spiro atoms. The average Bonchev–Trinajstić information content (AvgIpc) is 2.82. The van der Waals surface area contributed by atoms with Gasteiger partial charge in [-0.3, -0.25) is 4.79 Å². The van der Waals surface area contributed by atoms with E-state index in [2.05, 4.69) is 22.5 Å². The van der Waals surface area contributed by atoms with Crippen LogP contribution < -0.4 is 10.6 Å². The van der Waals surface area contributed by atoms with Crippen LogP contribution in [0.2, 0.25) is 0 Å². The molecule has 1 unspecified atom stereocenters. The third kappa shape index (κ3) is 2.72. The van der Waals surface area contributed by atoms with Gasteiger partial charge in [-0.15, -0.1) is 0 Å². The van der Waals surface area contributed by atoms with Crippen molar-refractivity contribution in [3.63, 3.8) is 0 Å². The second kappa shape index (κ2) is 5.52. The molecule has 0 bridgehead atoms. The molecule has 0 aromatic carbocycles. The normalized spacial score (nSPS) is 23.9. The Balaban J connectivity index is 1.93. The van der Waals surface area contributed by atoms with Crippen molar-refractivity contribution in [2.45, 2.75) is 39.7 Å². The maximum Gasteiger partial charge on any atom is 0.227 e. The molecule has 1 fully saturated rings. The van der Waals surface area contributed by atoms with Crippen molar-refractivity contribution in [1.29, 1.82) is 0 Å². The SMILES string of the molecule is CCC1(C(=O)NCc2ncc(C)o2)CCCNC1. The molecule has 1 aliphatic rings. The monoisotopic (exact) mass is 251 g/mol. The van der Waals surface area contributed by atoms with Crippen LogP contribution in [0.5, 0.6) is 0 Å². The van der Waals surface area contributed by atoms with Gasteiger partial charge in [0, 0.05) is 6.54 Å². The molecule has 2 rings (SSSR count). The molecule has 1 amide bonds. The molecule has 2 N–H and O–H groups in total. The Kier molecular flexibility index (Phi) is 4.01. The number of amides is 1. The molecular formula is C13H21N3O2. The summed E-state index contributed by atoms with van der Waals surface area (Å²) in [6.45, 7) is 6.06. The summed E-state index contributed by atoms with van der Waals surface area (Å²) in [4.78, 5) is 16.4. The van der Waals surface area contributed by atoms with Crippen LogP contribution in [0.25, 0.3) is 0 Å². The molecule has 1 aliphatic heterocycles. The van der Waals surface area contributed by atoms with Crippen LogP contribution in [0.3, 0.4) is 0 Å². The van der Waals surface area contributed by atoms with E-state index in [-0.39, 0.29) is 11.3 Å². The van der Waals surface area contributed by atoms with Gasteiger partial charge in [0.2, 0.25) is 11.8 Å². The summed E-state index contributed by atoms with van der Waals surface area (Å²) in [7, 11) is 0. The number of aromatic nitrogens is 1. The Morgan fingerprint density at radius 3 is 3.06 bits per heavy atom.